The topological polar surface area (TPSA) is 70.6 Å². The predicted molar refractivity (Wildman–Crippen MR) is 96.6 cm³/mol. The van der Waals surface area contributed by atoms with Gasteiger partial charge in [0.1, 0.15) is 5.75 Å². The van der Waals surface area contributed by atoms with E-state index < -0.39 is 0 Å². The Labute approximate surface area is 142 Å². The quantitative estimate of drug-likeness (QED) is 0.696. The summed E-state index contributed by atoms with van der Waals surface area (Å²) in [6.07, 6.45) is 1.01. The minimum atomic E-state index is -0.0554. The maximum absolute atomic E-state index is 12.1. The number of amides is 1. The number of hydrogen-bond acceptors (Lipinski definition) is 4. The molecule has 1 atom stereocenters. The Bertz CT molecular complexity index is 656. The van der Waals surface area contributed by atoms with Crippen LogP contribution >= 0.6 is 0 Å². The van der Waals surface area contributed by atoms with Gasteiger partial charge in [-0.3, -0.25) is 4.79 Å². The highest BCUT2D eigenvalue weighted by molar-refractivity contribution is 5.91. The van der Waals surface area contributed by atoms with Gasteiger partial charge in [0.15, 0.2) is 0 Å². The normalized spacial score (nSPS) is 11.6. The molecule has 1 unspecified atom stereocenters. The third-order valence-corrected chi connectivity index (χ3v) is 3.61. The summed E-state index contributed by atoms with van der Waals surface area (Å²) in [6, 6.07) is 15.2. The van der Waals surface area contributed by atoms with Crippen LogP contribution in [0.2, 0.25) is 0 Å². The van der Waals surface area contributed by atoms with Crippen LogP contribution in [-0.2, 0) is 11.2 Å². The molecule has 0 radical (unpaired) electrons. The Morgan fingerprint density at radius 3 is 2.58 bits per heavy atom. The van der Waals surface area contributed by atoms with E-state index in [-0.39, 0.29) is 18.6 Å². The summed E-state index contributed by atoms with van der Waals surface area (Å²) in [5.74, 6) is 0.655. The van der Waals surface area contributed by atoms with Crippen molar-refractivity contribution < 1.29 is 14.6 Å². The number of carbonyl (C=O) groups excluding carboxylic acids is 1. The molecule has 0 bridgehead atoms. The summed E-state index contributed by atoms with van der Waals surface area (Å²) >= 11 is 0. The third kappa shape index (κ3) is 5.59. The van der Waals surface area contributed by atoms with E-state index in [0.29, 0.717) is 18.6 Å². The molecule has 0 saturated carbocycles. The number of ether oxygens (including phenoxy) is 1. The minimum Gasteiger partial charge on any atom is -0.497 e. The number of anilines is 2. The van der Waals surface area contributed by atoms with Gasteiger partial charge in [0.05, 0.1) is 7.11 Å². The largest absolute Gasteiger partial charge is 0.497 e. The molecule has 0 aliphatic carbocycles. The second kappa shape index (κ2) is 8.93. The Balaban J connectivity index is 1.84. The lowest BCUT2D eigenvalue weighted by molar-refractivity contribution is -0.116. The van der Waals surface area contributed by atoms with Gasteiger partial charge in [-0.2, -0.15) is 0 Å². The Hall–Kier alpha value is -2.53. The van der Waals surface area contributed by atoms with Crippen molar-refractivity contribution in [3.05, 3.63) is 54.1 Å². The highest BCUT2D eigenvalue weighted by Crippen LogP contribution is 2.17. The van der Waals surface area contributed by atoms with Crippen LogP contribution in [0.5, 0.6) is 5.75 Å². The number of nitrogens with one attached hydrogen (secondary N) is 2. The van der Waals surface area contributed by atoms with Crippen LogP contribution in [0.15, 0.2) is 48.5 Å². The molecule has 0 aliphatic rings. The van der Waals surface area contributed by atoms with E-state index in [4.69, 9.17) is 9.84 Å². The van der Waals surface area contributed by atoms with Gasteiger partial charge in [0.2, 0.25) is 5.91 Å². The highest BCUT2D eigenvalue weighted by Gasteiger charge is 2.10. The molecule has 2 aromatic rings. The highest BCUT2D eigenvalue weighted by atomic mass is 16.5. The Kier molecular flexibility index (Phi) is 6.63. The van der Waals surface area contributed by atoms with Crippen LogP contribution in [0.3, 0.4) is 0 Å². The molecule has 128 valence electrons. The van der Waals surface area contributed by atoms with Gasteiger partial charge in [-0.15, -0.1) is 0 Å². The molecule has 1 amide bonds. The summed E-state index contributed by atoms with van der Waals surface area (Å²) in [5.41, 5.74) is 2.77. The molecule has 0 heterocycles. The van der Waals surface area contributed by atoms with Crippen LogP contribution in [0.4, 0.5) is 11.4 Å². The fraction of sp³-hybridized carbons (Fsp3) is 0.316. The van der Waals surface area contributed by atoms with E-state index in [1.54, 1.807) is 13.2 Å². The lowest BCUT2D eigenvalue weighted by Gasteiger charge is -2.15. The maximum atomic E-state index is 12.1. The lowest BCUT2D eigenvalue weighted by atomic mass is 10.1. The fourth-order valence-electron chi connectivity index (χ4n) is 2.42. The monoisotopic (exact) mass is 328 g/mol. The van der Waals surface area contributed by atoms with Crippen LogP contribution in [0, 0.1) is 0 Å². The van der Waals surface area contributed by atoms with Gasteiger partial charge in [-0.05, 0) is 43.2 Å². The summed E-state index contributed by atoms with van der Waals surface area (Å²) in [4.78, 5) is 12.1. The zero-order chi connectivity index (χ0) is 17.4. The zero-order valence-electron chi connectivity index (χ0n) is 14.1. The van der Waals surface area contributed by atoms with Crippen molar-refractivity contribution in [1.82, 2.24) is 0 Å². The summed E-state index contributed by atoms with van der Waals surface area (Å²) in [5, 5.41) is 15.1. The number of rotatable bonds is 8. The Morgan fingerprint density at radius 1 is 1.17 bits per heavy atom. The zero-order valence-corrected chi connectivity index (χ0v) is 14.1. The molecule has 0 aromatic heterocycles. The minimum absolute atomic E-state index is 0.000649. The molecule has 2 aromatic carbocycles. The van der Waals surface area contributed by atoms with Crippen molar-refractivity contribution >= 4 is 17.3 Å². The van der Waals surface area contributed by atoms with Gasteiger partial charge in [-0.25, -0.2) is 0 Å². The molecule has 5 nitrogen and oxygen atoms in total. The SMILES string of the molecule is COc1cccc(NC(=O)CC(C)Nc2ccc(CCO)cc2)c1. The average molecular weight is 328 g/mol. The number of aliphatic hydroxyl groups excluding tert-OH is 1. The molecule has 24 heavy (non-hydrogen) atoms. The van der Waals surface area contributed by atoms with E-state index in [9.17, 15) is 4.79 Å². The molecular formula is C19H24N2O3. The van der Waals surface area contributed by atoms with Crippen LogP contribution < -0.4 is 15.4 Å². The molecule has 0 fully saturated rings. The Morgan fingerprint density at radius 2 is 1.92 bits per heavy atom. The molecule has 5 heteroatoms. The maximum Gasteiger partial charge on any atom is 0.226 e. The molecule has 0 spiro atoms. The first-order chi connectivity index (χ1) is 11.6. The third-order valence-electron chi connectivity index (χ3n) is 3.61. The number of aliphatic hydroxyl groups is 1. The van der Waals surface area contributed by atoms with Crippen molar-refractivity contribution in [2.75, 3.05) is 24.4 Å². The van der Waals surface area contributed by atoms with Crippen molar-refractivity contribution in [3.63, 3.8) is 0 Å². The van der Waals surface area contributed by atoms with Crippen molar-refractivity contribution in [3.8, 4) is 5.75 Å². The van der Waals surface area contributed by atoms with Gasteiger partial charge >= 0.3 is 0 Å². The fourth-order valence-corrected chi connectivity index (χ4v) is 2.42. The van der Waals surface area contributed by atoms with E-state index >= 15 is 0 Å². The molecule has 0 saturated heterocycles. The first-order valence-electron chi connectivity index (χ1n) is 8.01. The van der Waals surface area contributed by atoms with Gasteiger partial charge in [0.25, 0.3) is 0 Å². The summed E-state index contributed by atoms with van der Waals surface area (Å²) in [7, 11) is 1.60. The number of benzene rings is 2. The number of hydrogen-bond donors (Lipinski definition) is 3. The smallest absolute Gasteiger partial charge is 0.226 e. The van der Waals surface area contributed by atoms with E-state index in [1.165, 1.54) is 0 Å². The second-order valence-corrected chi connectivity index (χ2v) is 5.70. The molecule has 3 N–H and O–H groups in total. The number of carbonyl (C=O) groups is 1. The lowest BCUT2D eigenvalue weighted by Crippen LogP contribution is -2.23. The second-order valence-electron chi connectivity index (χ2n) is 5.70. The van der Waals surface area contributed by atoms with Crippen molar-refractivity contribution in [2.45, 2.75) is 25.8 Å². The van der Waals surface area contributed by atoms with E-state index in [1.807, 2.05) is 49.4 Å². The van der Waals surface area contributed by atoms with Crippen LogP contribution in [0.25, 0.3) is 0 Å². The molecular weight excluding hydrogens is 304 g/mol. The van der Waals surface area contributed by atoms with Crippen molar-refractivity contribution in [2.24, 2.45) is 0 Å². The predicted octanol–water partition coefficient (Wildman–Crippen LogP) is 3.06. The molecule has 0 aliphatic heterocycles. The van der Waals surface area contributed by atoms with E-state index in [0.717, 1.165) is 16.9 Å². The van der Waals surface area contributed by atoms with E-state index in [2.05, 4.69) is 10.6 Å². The summed E-state index contributed by atoms with van der Waals surface area (Å²) in [6.45, 7) is 2.11. The van der Waals surface area contributed by atoms with Crippen LogP contribution in [-0.4, -0.2) is 30.8 Å². The van der Waals surface area contributed by atoms with Gasteiger partial charge in [-0.1, -0.05) is 18.2 Å². The summed E-state index contributed by atoms with van der Waals surface area (Å²) < 4.78 is 5.14. The van der Waals surface area contributed by atoms with Gasteiger partial charge in [0, 0.05) is 36.5 Å². The van der Waals surface area contributed by atoms with Gasteiger partial charge < -0.3 is 20.5 Å². The average Bonchev–Trinajstić information content (AvgIpc) is 2.57. The standard InChI is InChI=1S/C19H24N2O3/c1-14(20-16-8-6-15(7-9-16)10-11-22)12-19(23)21-17-4-3-5-18(13-17)24-2/h3-9,13-14,20,22H,10-12H2,1-2H3,(H,21,23). The van der Waals surface area contributed by atoms with Crippen LogP contribution in [0.1, 0.15) is 18.9 Å². The van der Waals surface area contributed by atoms with Crippen molar-refractivity contribution in [1.29, 1.82) is 0 Å². The first kappa shape index (κ1) is 17.8. The first-order valence-corrected chi connectivity index (χ1v) is 8.01. The molecule has 2 rings (SSSR count). The number of methoxy groups -OCH3 is 1.